The molecule has 0 saturated heterocycles. The lowest BCUT2D eigenvalue weighted by Crippen LogP contribution is -2.05. The topological polar surface area (TPSA) is 60.7 Å². The van der Waals surface area contributed by atoms with Crippen LogP contribution >= 0.6 is 0 Å². The second kappa shape index (κ2) is 3.37. The van der Waals surface area contributed by atoms with Crippen molar-refractivity contribution in [1.82, 2.24) is 19.7 Å². The highest BCUT2D eigenvalue weighted by Gasteiger charge is 2.07. The average Bonchev–Trinajstić information content (AvgIpc) is 2.64. The Kier molecular flexibility index (Phi) is 2.06. The molecule has 0 bridgehead atoms. The van der Waals surface area contributed by atoms with Crippen molar-refractivity contribution in [3.8, 4) is 5.82 Å². The number of hydrogen-bond acceptors (Lipinski definition) is 4. The fraction of sp³-hybridized carbons (Fsp3) is 0.111. The van der Waals surface area contributed by atoms with E-state index in [1.165, 1.54) is 11.0 Å². The Hall–Kier alpha value is -2.04. The van der Waals surface area contributed by atoms with E-state index in [1.54, 1.807) is 25.3 Å². The van der Waals surface area contributed by atoms with E-state index < -0.39 is 0 Å². The summed E-state index contributed by atoms with van der Waals surface area (Å²) in [6, 6.07) is 3.40. The molecule has 0 spiro atoms. The maximum Gasteiger partial charge on any atom is 0.166 e. The molecule has 5 heteroatoms. The highest BCUT2D eigenvalue weighted by molar-refractivity contribution is 5.79. The fourth-order valence-electron chi connectivity index (χ4n) is 1.19. The Balaban J connectivity index is 2.62. The summed E-state index contributed by atoms with van der Waals surface area (Å²) in [7, 11) is 0. The first-order valence-electron chi connectivity index (χ1n) is 4.10. The largest absolute Gasteiger partial charge is 0.298 e. The lowest BCUT2D eigenvalue weighted by atomic mass is 10.3. The molecule has 0 fully saturated rings. The van der Waals surface area contributed by atoms with Crippen molar-refractivity contribution in [3.05, 3.63) is 36.0 Å². The molecule has 2 aromatic rings. The number of nitrogens with zero attached hydrogens (tertiary/aromatic N) is 4. The van der Waals surface area contributed by atoms with E-state index in [2.05, 4.69) is 15.1 Å². The number of aldehydes is 1. The zero-order valence-corrected chi connectivity index (χ0v) is 7.58. The van der Waals surface area contributed by atoms with Crippen molar-refractivity contribution in [2.45, 2.75) is 6.92 Å². The lowest BCUT2D eigenvalue weighted by molar-refractivity contribution is 0.112. The van der Waals surface area contributed by atoms with Gasteiger partial charge in [-0.2, -0.15) is 9.78 Å². The summed E-state index contributed by atoms with van der Waals surface area (Å²) < 4.78 is 1.53. The van der Waals surface area contributed by atoms with E-state index in [4.69, 9.17) is 0 Å². The van der Waals surface area contributed by atoms with Gasteiger partial charge in [-0.25, -0.2) is 9.97 Å². The van der Waals surface area contributed by atoms with Crippen LogP contribution in [-0.2, 0) is 0 Å². The molecule has 2 rings (SSSR count). The molecule has 14 heavy (non-hydrogen) atoms. The Labute approximate surface area is 80.4 Å². The van der Waals surface area contributed by atoms with E-state index in [1.807, 2.05) is 0 Å². The Morgan fingerprint density at radius 2 is 2.29 bits per heavy atom. The first-order valence-corrected chi connectivity index (χ1v) is 4.10. The van der Waals surface area contributed by atoms with Crippen molar-refractivity contribution >= 4 is 6.29 Å². The predicted octanol–water partition coefficient (Wildman–Crippen LogP) is 0.783. The van der Waals surface area contributed by atoms with Crippen LogP contribution in [-0.4, -0.2) is 26.0 Å². The molecule has 0 radical (unpaired) electrons. The quantitative estimate of drug-likeness (QED) is 0.653. The van der Waals surface area contributed by atoms with E-state index in [0.29, 0.717) is 17.2 Å². The number of aryl methyl sites for hydroxylation is 1. The van der Waals surface area contributed by atoms with E-state index in [-0.39, 0.29) is 0 Å². The van der Waals surface area contributed by atoms with Crippen LogP contribution in [0.1, 0.15) is 16.2 Å². The molecular formula is C9H8N4O. The van der Waals surface area contributed by atoms with Crippen molar-refractivity contribution in [3.63, 3.8) is 0 Å². The zero-order valence-electron chi connectivity index (χ0n) is 7.58. The normalized spacial score (nSPS) is 10.1. The summed E-state index contributed by atoms with van der Waals surface area (Å²) in [5, 5.41) is 3.98. The number of pyridine rings is 1. The van der Waals surface area contributed by atoms with Crippen molar-refractivity contribution in [2.24, 2.45) is 0 Å². The summed E-state index contributed by atoms with van der Waals surface area (Å²) in [6.07, 6.45) is 3.80. The Morgan fingerprint density at radius 1 is 1.43 bits per heavy atom. The van der Waals surface area contributed by atoms with Gasteiger partial charge in [0.1, 0.15) is 12.2 Å². The fourth-order valence-corrected chi connectivity index (χ4v) is 1.19. The number of carbonyl (C=O) groups excluding carboxylic acids is 1. The van der Waals surface area contributed by atoms with Crippen LogP contribution in [0.4, 0.5) is 0 Å². The number of hydrogen-bond donors (Lipinski definition) is 0. The van der Waals surface area contributed by atoms with Gasteiger partial charge >= 0.3 is 0 Å². The predicted molar refractivity (Wildman–Crippen MR) is 49.3 cm³/mol. The molecular weight excluding hydrogens is 180 g/mol. The van der Waals surface area contributed by atoms with Crippen LogP contribution in [0.5, 0.6) is 0 Å². The summed E-state index contributed by atoms with van der Waals surface area (Å²) in [5.74, 6) is 1.21. The average molecular weight is 188 g/mol. The van der Waals surface area contributed by atoms with Crippen molar-refractivity contribution in [1.29, 1.82) is 0 Å². The smallest absolute Gasteiger partial charge is 0.166 e. The molecule has 2 aromatic heterocycles. The first kappa shape index (κ1) is 8.55. The molecule has 0 aliphatic carbocycles. The highest BCUT2D eigenvalue weighted by Crippen LogP contribution is 2.08. The van der Waals surface area contributed by atoms with Gasteiger partial charge in [-0.05, 0) is 19.1 Å². The molecule has 70 valence electrons. The molecule has 0 amide bonds. The monoisotopic (exact) mass is 188 g/mol. The van der Waals surface area contributed by atoms with Crippen LogP contribution in [0.25, 0.3) is 5.82 Å². The van der Waals surface area contributed by atoms with E-state index >= 15 is 0 Å². The number of rotatable bonds is 2. The third-order valence-corrected chi connectivity index (χ3v) is 1.86. The summed E-state index contributed by atoms with van der Waals surface area (Å²) in [4.78, 5) is 18.8. The standard InChI is InChI=1S/C9H8N4O/c1-7-11-6-12-13(7)9-8(5-14)3-2-4-10-9/h2-6H,1H3. The Morgan fingerprint density at radius 3 is 2.93 bits per heavy atom. The summed E-state index contributed by atoms with van der Waals surface area (Å²) >= 11 is 0. The van der Waals surface area contributed by atoms with Crippen LogP contribution in [0, 0.1) is 6.92 Å². The second-order valence-corrected chi connectivity index (χ2v) is 2.75. The minimum atomic E-state index is 0.501. The van der Waals surface area contributed by atoms with Gasteiger partial charge < -0.3 is 0 Å². The molecule has 0 aliphatic rings. The van der Waals surface area contributed by atoms with Crippen molar-refractivity contribution in [2.75, 3.05) is 0 Å². The van der Waals surface area contributed by atoms with Crippen molar-refractivity contribution < 1.29 is 4.79 Å². The molecule has 0 aromatic carbocycles. The van der Waals surface area contributed by atoms with Gasteiger partial charge in [0.25, 0.3) is 0 Å². The maximum absolute atomic E-state index is 10.7. The minimum absolute atomic E-state index is 0.501. The van der Waals surface area contributed by atoms with Gasteiger partial charge in [-0.1, -0.05) is 0 Å². The maximum atomic E-state index is 10.7. The molecule has 5 nitrogen and oxygen atoms in total. The zero-order chi connectivity index (χ0) is 9.97. The highest BCUT2D eigenvalue weighted by atomic mass is 16.1. The third-order valence-electron chi connectivity index (χ3n) is 1.86. The summed E-state index contributed by atoms with van der Waals surface area (Å²) in [6.45, 7) is 1.80. The molecule has 0 atom stereocenters. The number of aromatic nitrogens is 4. The first-order chi connectivity index (χ1) is 6.83. The van der Waals surface area contributed by atoms with Gasteiger partial charge in [-0.15, -0.1) is 0 Å². The van der Waals surface area contributed by atoms with Crippen LogP contribution in [0.3, 0.4) is 0 Å². The van der Waals surface area contributed by atoms with Gasteiger partial charge in [0.15, 0.2) is 12.1 Å². The van der Waals surface area contributed by atoms with Gasteiger partial charge in [0.05, 0.1) is 5.56 Å². The van der Waals surface area contributed by atoms with Gasteiger partial charge in [0, 0.05) is 6.20 Å². The van der Waals surface area contributed by atoms with Crippen LogP contribution in [0.2, 0.25) is 0 Å². The molecule has 0 saturated carbocycles. The SMILES string of the molecule is Cc1ncnn1-c1ncccc1C=O. The second-order valence-electron chi connectivity index (χ2n) is 2.75. The minimum Gasteiger partial charge on any atom is -0.298 e. The molecule has 0 N–H and O–H groups in total. The number of carbonyl (C=O) groups is 1. The van der Waals surface area contributed by atoms with E-state index in [9.17, 15) is 4.79 Å². The molecule has 0 aliphatic heterocycles. The van der Waals surface area contributed by atoms with Gasteiger partial charge in [-0.3, -0.25) is 4.79 Å². The summed E-state index contributed by atoms with van der Waals surface area (Å²) in [5.41, 5.74) is 0.501. The third kappa shape index (κ3) is 1.28. The molecule has 2 heterocycles. The van der Waals surface area contributed by atoms with Gasteiger partial charge in [0.2, 0.25) is 0 Å². The van der Waals surface area contributed by atoms with Crippen LogP contribution in [0.15, 0.2) is 24.7 Å². The van der Waals surface area contributed by atoms with Crippen LogP contribution < -0.4 is 0 Å². The van der Waals surface area contributed by atoms with E-state index in [0.717, 1.165) is 6.29 Å². The Bertz CT molecular complexity index is 463. The lowest BCUT2D eigenvalue weighted by Gasteiger charge is -2.03. The molecule has 0 unspecified atom stereocenters.